The van der Waals surface area contributed by atoms with Crippen LogP contribution in [0.25, 0.3) is 0 Å². The standard InChI is InChI=1S/C17H21N3O.ClH/c1-13-8-9-16(19(13)2)17(21)20-11-10-18-15(12-20)14-6-4-3-5-7-14;/h3-9,15,18H,10-12H2,1-2H3;1H. The minimum atomic E-state index is 0. The van der Waals surface area contributed by atoms with Crippen molar-refractivity contribution in [2.24, 2.45) is 7.05 Å². The third-order valence-electron chi connectivity index (χ3n) is 4.26. The van der Waals surface area contributed by atoms with Gasteiger partial charge in [0.15, 0.2) is 0 Å². The van der Waals surface area contributed by atoms with E-state index in [-0.39, 0.29) is 24.4 Å². The minimum Gasteiger partial charge on any atom is -0.344 e. The molecule has 4 nitrogen and oxygen atoms in total. The maximum Gasteiger partial charge on any atom is 0.270 e. The van der Waals surface area contributed by atoms with Gasteiger partial charge < -0.3 is 14.8 Å². The summed E-state index contributed by atoms with van der Waals surface area (Å²) in [5.74, 6) is 0.119. The number of carbonyl (C=O) groups excluding carboxylic acids is 1. The summed E-state index contributed by atoms with van der Waals surface area (Å²) in [6, 6.07) is 14.4. The van der Waals surface area contributed by atoms with Gasteiger partial charge in [0.2, 0.25) is 0 Å². The van der Waals surface area contributed by atoms with Crippen LogP contribution in [0.5, 0.6) is 0 Å². The molecule has 0 bridgehead atoms. The first-order valence-electron chi connectivity index (χ1n) is 7.37. The van der Waals surface area contributed by atoms with Crippen molar-refractivity contribution in [3.8, 4) is 0 Å². The predicted octanol–water partition coefficient (Wildman–Crippen LogP) is 2.54. The average Bonchev–Trinajstić information content (AvgIpc) is 2.87. The van der Waals surface area contributed by atoms with Gasteiger partial charge >= 0.3 is 0 Å². The lowest BCUT2D eigenvalue weighted by atomic mass is 10.0. The molecule has 1 aliphatic heterocycles. The number of hydrogen-bond donors (Lipinski definition) is 1. The number of nitrogens with one attached hydrogen (secondary N) is 1. The largest absolute Gasteiger partial charge is 0.344 e. The highest BCUT2D eigenvalue weighted by molar-refractivity contribution is 5.93. The molecule has 1 unspecified atom stereocenters. The van der Waals surface area contributed by atoms with Crippen LogP contribution >= 0.6 is 12.4 Å². The highest BCUT2D eigenvalue weighted by atomic mass is 35.5. The second kappa shape index (κ2) is 6.99. The van der Waals surface area contributed by atoms with Gasteiger partial charge in [-0.25, -0.2) is 0 Å². The van der Waals surface area contributed by atoms with E-state index in [4.69, 9.17) is 0 Å². The Morgan fingerprint density at radius 2 is 1.91 bits per heavy atom. The highest BCUT2D eigenvalue weighted by Gasteiger charge is 2.26. The van der Waals surface area contributed by atoms with Crippen LogP contribution in [0.3, 0.4) is 0 Å². The molecule has 3 rings (SSSR count). The number of amides is 1. The number of carbonyl (C=O) groups is 1. The van der Waals surface area contributed by atoms with E-state index in [1.807, 2.05) is 53.8 Å². The first-order chi connectivity index (χ1) is 10.2. The van der Waals surface area contributed by atoms with Crippen LogP contribution in [-0.2, 0) is 7.05 Å². The molecule has 1 aromatic heterocycles. The van der Waals surface area contributed by atoms with E-state index in [9.17, 15) is 4.79 Å². The molecule has 1 fully saturated rings. The monoisotopic (exact) mass is 319 g/mol. The molecule has 1 aliphatic rings. The van der Waals surface area contributed by atoms with Crippen molar-refractivity contribution >= 4 is 18.3 Å². The molecule has 2 heterocycles. The second-order valence-electron chi connectivity index (χ2n) is 5.59. The maximum absolute atomic E-state index is 12.7. The van der Waals surface area contributed by atoms with Crippen molar-refractivity contribution in [2.75, 3.05) is 19.6 Å². The van der Waals surface area contributed by atoms with Crippen LogP contribution in [0.1, 0.15) is 27.8 Å². The number of piperazine rings is 1. The van der Waals surface area contributed by atoms with Gasteiger partial charge in [-0.05, 0) is 24.6 Å². The number of benzene rings is 1. The second-order valence-corrected chi connectivity index (χ2v) is 5.59. The lowest BCUT2D eigenvalue weighted by Gasteiger charge is -2.34. The molecule has 1 aromatic carbocycles. The molecule has 5 heteroatoms. The summed E-state index contributed by atoms with van der Waals surface area (Å²) < 4.78 is 1.96. The maximum atomic E-state index is 12.7. The van der Waals surface area contributed by atoms with Crippen molar-refractivity contribution < 1.29 is 4.79 Å². The van der Waals surface area contributed by atoms with Gasteiger partial charge in [0.25, 0.3) is 5.91 Å². The number of rotatable bonds is 2. The first-order valence-corrected chi connectivity index (χ1v) is 7.37. The van der Waals surface area contributed by atoms with E-state index in [2.05, 4.69) is 17.4 Å². The summed E-state index contributed by atoms with van der Waals surface area (Å²) in [7, 11) is 1.94. The molecule has 1 saturated heterocycles. The Morgan fingerprint density at radius 3 is 2.55 bits per heavy atom. The van der Waals surface area contributed by atoms with Crippen molar-refractivity contribution in [3.05, 3.63) is 59.4 Å². The Hall–Kier alpha value is -1.78. The molecule has 1 atom stereocenters. The summed E-state index contributed by atoms with van der Waals surface area (Å²) in [5, 5.41) is 3.49. The molecule has 0 saturated carbocycles. The van der Waals surface area contributed by atoms with Gasteiger partial charge in [0, 0.05) is 38.4 Å². The average molecular weight is 320 g/mol. The molecule has 0 aliphatic carbocycles. The zero-order valence-corrected chi connectivity index (χ0v) is 13.8. The number of hydrogen-bond acceptors (Lipinski definition) is 2. The van der Waals surface area contributed by atoms with Gasteiger partial charge in [-0.3, -0.25) is 4.79 Å². The third-order valence-corrected chi connectivity index (χ3v) is 4.26. The topological polar surface area (TPSA) is 37.3 Å². The smallest absolute Gasteiger partial charge is 0.270 e. The van der Waals surface area contributed by atoms with E-state index >= 15 is 0 Å². The van der Waals surface area contributed by atoms with Gasteiger partial charge in [-0.15, -0.1) is 12.4 Å². The Bertz CT molecular complexity index is 639. The first kappa shape index (κ1) is 16.6. The minimum absolute atomic E-state index is 0. The van der Waals surface area contributed by atoms with Crippen LogP contribution in [-0.4, -0.2) is 35.0 Å². The van der Waals surface area contributed by atoms with E-state index in [0.717, 1.165) is 24.5 Å². The molecule has 2 aromatic rings. The van der Waals surface area contributed by atoms with Crippen molar-refractivity contribution in [1.29, 1.82) is 0 Å². The third kappa shape index (κ3) is 3.18. The number of nitrogens with zero attached hydrogens (tertiary/aromatic N) is 2. The van der Waals surface area contributed by atoms with Crippen molar-refractivity contribution in [3.63, 3.8) is 0 Å². The summed E-state index contributed by atoms with van der Waals surface area (Å²) >= 11 is 0. The number of halogens is 1. The summed E-state index contributed by atoms with van der Waals surface area (Å²) in [4.78, 5) is 14.6. The summed E-state index contributed by atoms with van der Waals surface area (Å²) in [6.45, 7) is 4.31. The van der Waals surface area contributed by atoms with Crippen molar-refractivity contribution in [2.45, 2.75) is 13.0 Å². The molecule has 0 radical (unpaired) electrons. The quantitative estimate of drug-likeness (QED) is 0.923. The summed E-state index contributed by atoms with van der Waals surface area (Å²) in [6.07, 6.45) is 0. The number of aryl methyl sites for hydroxylation is 1. The van der Waals surface area contributed by atoms with Crippen LogP contribution in [0.4, 0.5) is 0 Å². The fourth-order valence-electron chi connectivity index (χ4n) is 2.83. The summed E-state index contributed by atoms with van der Waals surface area (Å²) in [5.41, 5.74) is 3.10. The zero-order chi connectivity index (χ0) is 14.8. The molecule has 0 spiro atoms. The van der Waals surface area contributed by atoms with Crippen LogP contribution in [0, 0.1) is 6.92 Å². The van der Waals surface area contributed by atoms with E-state index in [1.54, 1.807) is 0 Å². The van der Waals surface area contributed by atoms with Gasteiger partial charge in [-0.1, -0.05) is 30.3 Å². The molecular formula is C17H22ClN3O. The van der Waals surface area contributed by atoms with E-state index in [1.165, 1.54) is 5.56 Å². The van der Waals surface area contributed by atoms with Gasteiger partial charge in [0.05, 0.1) is 0 Å². The highest BCUT2D eigenvalue weighted by Crippen LogP contribution is 2.19. The molecule has 1 amide bonds. The molecule has 1 N–H and O–H groups in total. The Balaban J connectivity index is 0.00000176. The van der Waals surface area contributed by atoms with E-state index in [0.29, 0.717) is 6.54 Å². The van der Waals surface area contributed by atoms with Crippen LogP contribution < -0.4 is 5.32 Å². The zero-order valence-electron chi connectivity index (χ0n) is 13.0. The fourth-order valence-corrected chi connectivity index (χ4v) is 2.83. The predicted molar refractivity (Wildman–Crippen MR) is 90.5 cm³/mol. The van der Waals surface area contributed by atoms with Gasteiger partial charge in [0.1, 0.15) is 5.69 Å². The normalized spacial score (nSPS) is 17.9. The lowest BCUT2D eigenvalue weighted by Crippen LogP contribution is -2.48. The Labute approximate surface area is 137 Å². The fraction of sp³-hybridized carbons (Fsp3) is 0.353. The molecule has 118 valence electrons. The lowest BCUT2D eigenvalue weighted by molar-refractivity contribution is 0.0693. The number of aromatic nitrogens is 1. The molecule has 22 heavy (non-hydrogen) atoms. The Kier molecular flexibility index (Phi) is 5.27. The van der Waals surface area contributed by atoms with Crippen LogP contribution in [0.2, 0.25) is 0 Å². The Morgan fingerprint density at radius 1 is 1.18 bits per heavy atom. The van der Waals surface area contributed by atoms with Gasteiger partial charge in [-0.2, -0.15) is 0 Å². The molecular weight excluding hydrogens is 298 g/mol. The SMILES string of the molecule is Cc1ccc(C(=O)N2CCNC(c3ccccc3)C2)n1C.Cl. The van der Waals surface area contributed by atoms with E-state index < -0.39 is 0 Å². The van der Waals surface area contributed by atoms with Crippen LogP contribution in [0.15, 0.2) is 42.5 Å². The van der Waals surface area contributed by atoms with Crippen molar-refractivity contribution in [1.82, 2.24) is 14.8 Å².